The summed E-state index contributed by atoms with van der Waals surface area (Å²) in [5.74, 6) is 0. The second-order valence-corrected chi connectivity index (χ2v) is 11.3. The highest BCUT2D eigenvalue weighted by Crippen LogP contribution is 2.32. The first-order valence-corrected chi connectivity index (χ1v) is 14.9. The van der Waals surface area contributed by atoms with Gasteiger partial charge in [0, 0.05) is 24.9 Å². The summed E-state index contributed by atoms with van der Waals surface area (Å²) >= 11 is 0. The Hall–Kier alpha value is -3.68. The average molecular weight is 616 g/mol. The minimum atomic E-state index is -4.41. The Morgan fingerprint density at radius 1 is 0.721 bits per heavy atom. The van der Waals surface area contributed by atoms with Crippen molar-refractivity contribution in [3.8, 4) is 33.8 Å². The zero-order chi connectivity index (χ0) is 30.9. The molecule has 2 heterocycles. The molecule has 2 aromatic carbocycles. The van der Waals surface area contributed by atoms with E-state index in [1.165, 1.54) is 24.3 Å². The van der Waals surface area contributed by atoms with E-state index in [2.05, 4.69) is 9.71 Å². The number of methoxy groups -OCH3 is 1. The van der Waals surface area contributed by atoms with E-state index in [4.69, 9.17) is 19.2 Å². The van der Waals surface area contributed by atoms with Gasteiger partial charge in [-0.05, 0) is 66.6 Å². The Morgan fingerprint density at radius 2 is 1.40 bits per heavy atom. The molecular weight excluding hydrogens is 583 g/mol. The number of benzene rings is 2. The summed E-state index contributed by atoms with van der Waals surface area (Å²) in [6.07, 6.45) is -4.41. The van der Waals surface area contributed by atoms with E-state index in [0.717, 1.165) is 12.1 Å². The molecule has 0 radical (unpaired) electrons. The molecule has 12 heteroatoms. The molecule has 2 aromatic heterocycles. The lowest BCUT2D eigenvalue weighted by molar-refractivity contribution is -0.137. The van der Waals surface area contributed by atoms with Crippen LogP contribution < -0.4 is 4.72 Å². The molecule has 0 spiro atoms. The quantitative estimate of drug-likeness (QED) is 0.180. The Kier molecular flexibility index (Phi) is 11.0. The lowest BCUT2D eigenvalue weighted by Crippen LogP contribution is -2.28. The maximum Gasteiger partial charge on any atom is 0.416 e. The zero-order valence-electron chi connectivity index (χ0n) is 23.7. The monoisotopic (exact) mass is 615 g/mol. The summed E-state index contributed by atoms with van der Waals surface area (Å²) in [7, 11) is -2.21. The van der Waals surface area contributed by atoms with Crippen LogP contribution in [0.2, 0.25) is 0 Å². The van der Waals surface area contributed by atoms with Gasteiger partial charge in [-0.3, -0.25) is 4.98 Å². The molecule has 0 saturated heterocycles. The van der Waals surface area contributed by atoms with Crippen LogP contribution >= 0.6 is 0 Å². The summed E-state index contributed by atoms with van der Waals surface area (Å²) in [6.45, 7) is 3.76. The van der Waals surface area contributed by atoms with Gasteiger partial charge >= 0.3 is 6.18 Å². The smallest absolute Gasteiger partial charge is 0.382 e. The van der Waals surface area contributed by atoms with Crippen molar-refractivity contribution in [1.82, 2.24) is 14.7 Å². The molecule has 0 aliphatic rings. The number of halogens is 3. The van der Waals surface area contributed by atoms with Crippen LogP contribution in [0.1, 0.15) is 11.3 Å². The van der Waals surface area contributed by atoms with E-state index in [-0.39, 0.29) is 18.0 Å². The lowest BCUT2D eigenvalue weighted by Gasteiger charge is -2.11. The molecule has 4 aromatic rings. The maximum absolute atomic E-state index is 13.0. The minimum absolute atomic E-state index is 0.0818. The fourth-order valence-electron chi connectivity index (χ4n) is 4.17. The normalized spacial score (nSPS) is 12.0. The van der Waals surface area contributed by atoms with Crippen molar-refractivity contribution in [2.45, 2.75) is 18.0 Å². The first-order valence-electron chi connectivity index (χ1n) is 13.4. The molecule has 0 aliphatic carbocycles. The number of rotatable bonds is 14. The largest absolute Gasteiger partial charge is 0.416 e. The van der Waals surface area contributed by atoms with Crippen molar-refractivity contribution in [2.75, 3.05) is 46.7 Å². The van der Waals surface area contributed by atoms with Crippen LogP contribution in [0, 0.1) is 6.92 Å². The Labute approximate surface area is 248 Å². The Balaban J connectivity index is 1.46. The first kappa shape index (κ1) is 32.2. The van der Waals surface area contributed by atoms with Crippen molar-refractivity contribution in [3.05, 3.63) is 90.1 Å². The number of pyridine rings is 2. The third-order valence-corrected chi connectivity index (χ3v) is 7.75. The van der Waals surface area contributed by atoms with E-state index >= 15 is 0 Å². The van der Waals surface area contributed by atoms with Crippen molar-refractivity contribution in [1.29, 1.82) is 0 Å². The highest BCUT2D eigenvalue weighted by atomic mass is 32.2. The Bertz CT molecular complexity index is 1610. The van der Waals surface area contributed by atoms with E-state index in [9.17, 15) is 21.6 Å². The molecule has 0 fully saturated rings. The molecule has 0 saturated carbocycles. The van der Waals surface area contributed by atoms with Gasteiger partial charge in [-0.15, -0.1) is 0 Å². The van der Waals surface area contributed by atoms with Crippen LogP contribution in [0.25, 0.3) is 33.8 Å². The summed E-state index contributed by atoms with van der Waals surface area (Å²) in [4.78, 5) is 9.37. The fraction of sp³-hybridized carbons (Fsp3) is 0.290. The summed E-state index contributed by atoms with van der Waals surface area (Å²) < 4.78 is 82.9. The number of hydrogen-bond donors (Lipinski definition) is 1. The molecule has 8 nitrogen and oxygen atoms in total. The topological polar surface area (TPSA) is 99.6 Å². The van der Waals surface area contributed by atoms with Crippen molar-refractivity contribution < 1.29 is 35.8 Å². The van der Waals surface area contributed by atoms with E-state index in [1.807, 2.05) is 0 Å². The van der Waals surface area contributed by atoms with Gasteiger partial charge in [0.2, 0.25) is 10.0 Å². The van der Waals surface area contributed by atoms with E-state index < -0.39 is 21.8 Å². The third-order valence-electron chi connectivity index (χ3n) is 6.29. The second-order valence-electron chi connectivity index (χ2n) is 9.51. The van der Waals surface area contributed by atoms with Gasteiger partial charge in [0.05, 0.1) is 60.6 Å². The number of aryl methyl sites for hydroxylation is 1. The molecule has 1 N–H and O–H groups in total. The van der Waals surface area contributed by atoms with Crippen LogP contribution in [0.4, 0.5) is 13.2 Å². The lowest BCUT2D eigenvalue weighted by atomic mass is 10.0. The number of aromatic nitrogens is 2. The van der Waals surface area contributed by atoms with Gasteiger partial charge in [-0.25, -0.2) is 18.1 Å². The number of nitrogens with one attached hydrogen (secondary N) is 1. The maximum atomic E-state index is 13.0. The molecule has 0 amide bonds. The van der Waals surface area contributed by atoms with Crippen LogP contribution in [-0.4, -0.2) is 65.1 Å². The molecule has 0 atom stereocenters. The number of sulfonamides is 1. The van der Waals surface area contributed by atoms with Gasteiger partial charge < -0.3 is 14.2 Å². The molecule has 228 valence electrons. The number of hydrogen-bond acceptors (Lipinski definition) is 7. The molecule has 0 unspecified atom stereocenters. The number of nitrogens with zero attached hydrogens (tertiary/aromatic N) is 2. The highest BCUT2D eigenvalue weighted by Gasteiger charge is 2.30. The SMILES string of the molecule is COCCOCCOCCNS(=O)(=O)c1cccc(-c2cccc(-c3cc(-c4ccc(C(F)(F)F)cc4)cc(C)n3)n2)c1. The molecule has 0 aliphatic heterocycles. The standard InChI is InChI=1S/C31H32F3N3O5S/c1-22-19-25(23-9-11-26(12-10-23)31(32,33)34)21-30(36-22)29-8-4-7-28(37-29)24-5-3-6-27(20-24)43(38,39)35-13-14-41-17-18-42-16-15-40-2/h3-12,19-21,35H,13-18H2,1-2H3. The van der Waals surface area contributed by atoms with Crippen molar-refractivity contribution in [3.63, 3.8) is 0 Å². The molecule has 43 heavy (non-hydrogen) atoms. The van der Waals surface area contributed by atoms with E-state index in [0.29, 0.717) is 65.9 Å². The van der Waals surface area contributed by atoms with Gasteiger partial charge in [-0.2, -0.15) is 13.2 Å². The first-order chi connectivity index (χ1) is 20.6. The van der Waals surface area contributed by atoms with Crippen molar-refractivity contribution >= 4 is 10.0 Å². The molecular formula is C31H32F3N3O5S. The average Bonchev–Trinajstić information content (AvgIpc) is 3.00. The van der Waals surface area contributed by atoms with Gasteiger partial charge in [-0.1, -0.05) is 30.3 Å². The third kappa shape index (κ3) is 9.15. The van der Waals surface area contributed by atoms with Gasteiger partial charge in [0.15, 0.2) is 0 Å². The van der Waals surface area contributed by atoms with Crippen LogP contribution in [0.5, 0.6) is 0 Å². The predicted molar refractivity (Wildman–Crippen MR) is 157 cm³/mol. The highest BCUT2D eigenvalue weighted by molar-refractivity contribution is 7.89. The Morgan fingerprint density at radius 3 is 2.12 bits per heavy atom. The molecule has 4 rings (SSSR count). The minimum Gasteiger partial charge on any atom is -0.382 e. The second kappa shape index (κ2) is 14.7. The van der Waals surface area contributed by atoms with Gasteiger partial charge in [0.1, 0.15) is 0 Å². The predicted octanol–water partition coefficient (Wildman–Crippen LogP) is 5.76. The molecule has 0 bridgehead atoms. The fourth-order valence-corrected chi connectivity index (χ4v) is 5.23. The van der Waals surface area contributed by atoms with Gasteiger partial charge in [0.25, 0.3) is 0 Å². The van der Waals surface area contributed by atoms with Crippen LogP contribution in [0.15, 0.2) is 83.8 Å². The van der Waals surface area contributed by atoms with E-state index in [1.54, 1.807) is 56.5 Å². The van der Waals surface area contributed by atoms with Crippen LogP contribution in [0.3, 0.4) is 0 Å². The number of alkyl halides is 3. The summed E-state index contributed by atoms with van der Waals surface area (Å²) in [5, 5.41) is 0. The van der Waals surface area contributed by atoms with Crippen LogP contribution in [-0.2, 0) is 30.4 Å². The van der Waals surface area contributed by atoms with Crippen molar-refractivity contribution in [2.24, 2.45) is 0 Å². The summed E-state index contributed by atoms with van der Waals surface area (Å²) in [5.41, 5.74) is 3.45. The zero-order valence-corrected chi connectivity index (χ0v) is 24.5. The number of ether oxygens (including phenoxy) is 3. The summed E-state index contributed by atoms with van der Waals surface area (Å²) in [6, 6.07) is 20.3.